The van der Waals surface area contributed by atoms with Crippen molar-refractivity contribution < 1.29 is 23.5 Å². The van der Waals surface area contributed by atoms with Gasteiger partial charge in [0.25, 0.3) is 0 Å². The zero-order chi connectivity index (χ0) is 17.0. The summed E-state index contributed by atoms with van der Waals surface area (Å²) < 4.78 is 25.9. The lowest BCUT2D eigenvalue weighted by molar-refractivity contribution is -0.144. The van der Waals surface area contributed by atoms with Gasteiger partial charge in [0.05, 0.1) is 5.41 Å². The average molecular weight is 390 g/mol. The molecule has 1 aliphatic carbocycles. The summed E-state index contributed by atoms with van der Waals surface area (Å²) in [6.07, 6.45) is -0.823. The lowest BCUT2D eigenvalue weighted by Crippen LogP contribution is -2.50. The highest BCUT2D eigenvalue weighted by Gasteiger charge is 2.44. The maximum absolute atomic E-state index is 12.7. The first-order valence-corrected chi connectivity index (χ1v) is 8.22. The molecule has 0 aliphatic heterocycles. The van der Waals surface area contributed by atoms with E-state index < -0.39 is 36.2 Å². The molecule has 1 unspecified atom stereocenters. The maximum atomic E-state index is 12.7. The van der Waals surface area contributed by atoms with Gasteiger partial charge in [0, 0.05) is 10.9 Å². The van der Waals surface area contributed by atoms with Gasteiger partial charge in [0.15, 0.2) is 0 Å². The molecule has 0 aromatic heterocycles. The number of alkyl halides is 2. The molecule has 2 rings (SSSR count). The van der Waals surface area contributed by atoms with Gasteiger partial charge in [-0.2, -0.15) is 0 Å². The summed E-state index contributed by atoms with van der Waals surface area (Å²) in [5.41, 5.74) is -0.0480. The number of rotatable bonds is 6. The average Bonchev–Trinajstić information content (AvgIpc) is 2.97. The summed E-state index contributed by atoms with van der Waals surface area (Å²) in [5, 5.41) is 11.4. The van der Waals surface area contributed by atoms with Crippen molar-refractivity contribution in [2.45, 2.75) is 50.0 Å². The van der Waals surface area contributed by atoms with Gasteiger partial charge in [-0.3, -0.25) is 4.79 Å². The molecule has 1 amide bonds. The van der Waals surface area contributed by atoms with Gasteiger partial charge in [-0.25, -0.2) is 13.6 Å². The van der Waals surface area contributed by atoms with E-state index in [0.717, 1.165) is 22.9 Å². The Morgan fingerprint density at radius 2 is 1.78 bits per heavy atom. The summed E-state index contributed by atoms with van der Waals surface area (Å²) >= 11 is 3.33. The quantitative estimate of drug-likeness (QED) is 0.782. The number of carboxylic acid groups (broad SMARTS) is 1. The van der Waals surface area contributed by atoms with Crippen molar-refractivity contribution in [1.29, 1.82) is 0 Å². The highest BCUT2D eigenvalue weighted by molar-refractivity contribution is 9.10. The van der Waals surface area contributed by atoms with Crippen LogP contribution in [0.25, 0.3) is 0 Å². The zero-order valence-electron chi connectivity index (χ0n) is 12.4. The summed E-state index contributed by atoms with van der Waals surface area (Å²) in [4.78, 5) is 23.8. The second-order valence-corrected chi connectivity index (χ2v) is 6.70. The highest BCUT2D eigenvalue weighted by Crippen LogP contribution is 2.41. The molecule has 1 fully saturated rings. The number of benzene rings is 1. The fourth-order valence-corrected chi connectivity index (χ4v) is 3.35. The third kappa shape index (κ3) is 4.07. The number of carbonyl (C=O) groups excluding carboxylic acids is 1. The van der Waals surface area contributed by atoms with E-state index in [4.69, 9.17) is 5.11 Å². The van der Waals surface area contributed by atoms with Crippen LogP contribution in [-0.2, 0) is 15.0 Å². The van der Waals surface area contributed by atoms with Gasteiger partial charge in [0.1, 0.15) is 6.04 Å². The van der Waals surface area contributed by atoms with E-state index in [1.54, 1.807) is 0 Å². The second kappa shape index (κ2) is 7.38. The Labute approximate surface area is 141 Å². The Balaban J connectivity index is 2.24. The predicted molar refractivity (Wildman–Crippen MR) is 84.5 cm³/mol. The van der Waals surface area contributed by atoms with Crippen LogP contribution in [0.15, 0.2) is 28.7 Å². The third-order valence-corrected chi connectivity index (χ3v) is 4.83. The van der Waals surface area contributed by atoms with Crippen LogP contribution in [0.5, 0.6) is 0 Å². The molecule has 4 nitrogen and oxygen atoms in total. The molecule has 0 saturated heterocycles. The van der Waals surface area contributed by atoms with Crippen molar-refractivity contribution in [1.82, 2.24) is 5.32 Å². The first-order valence-electron chi connectivity index (χ1n) is 7.43. The smallest absolute Gasteiger partial charge is 0.326 e. The van der Waals surface area contributed by atoms with Crippen LogP contribution in [-0.4, -0.2) is 29.5 Å². The minimum atomic E-state index is -2.79. The molecule has 1 atom stereocenters. The van der Waals surface area contributed by atoms with Gasteiger partial charge < -0.3 is 10.4 Å². The zero-order valence-corrected chi connectivity index (χ0v) is 14.0. The van der Waals surface area contributed by atoms with Gasteiger partial charge in [0.2, 0.25) is 12.3 Å². The van der Waals surface area contributed by atoms with Crippen LogP contribution in [0, 0.1) is 0 Å². The monoisotopic (exact) mass is 389 g/mol. The Bertz CT molecular complexity index is 571. The maximum Gasteiger partial charge on any atom is 0.326 e. The van der Waals surface area contributed by atoms with E-state index >= 15 is 0 Å². The lowest BCUT2D eigenvalue weighted by atomic mass is 9.78. The molecule has 7 heteroatoms. The normalized spacial score (nSPS) is 17.9. The first-order chi connectivity index (χ1) is 10.8. The molecule has 1 aromatic rings. The van der Waals surface area contributed by atoms with Crippen molar-refractivity contribution in [3.05, 3.63) is 34.3 Å². The van der Waals surface area contributed by atoms with Crippen LogP contribution in [0.1, 0.15) is 37.7 Å². The van der Waals surface area contributed by atoms with Crippen molar-refractivity contribution in [3.8, 4) is 0 Å². The summed E-state index contributed by atoms with van der Waals surface area (Å²) in [5.74, 6) is -1.92. The first kappa shape index (κ1) is 17.8. The Morgan fingerprint density at radius 1 is 1.22 bits per heavy atom. The predicted octanol–water partition coefficient (Wildman–Crippen LogP) is 3.49. The van der Waals surface area contributed by atoms with E-state index in [0.29, 0.717) is 12.8 Å². The molecule has 0 radical (unpaired) electrons. The van der Waals surface area contributed by atoms with Gasteiger partial charge in [-0.15, -0.1) is 0 Å². The van der Waals surface area contributed by atoms with Gasteiger partial charge in [-0.05, 0) is 30.5 Å². The number of aliphatic carboxylic acids is 1. The molecule has 2 N–H and O–H groups in total. The van der Waals surface area contributed by atoms with Crippen LogP contribution < -0.4 is 5.32 Å². The van der Waals surface area contributed by atoms with Crippen LogP contribution in [0.3, 0.4) is 0 Å². The number of halogens is 3. The number of carbonyl (C=O) groups is 2. The topological polar surface area (TPSA) is 66.4 Å². The summed E-state index contributed by atoms with van der Waals surface area (Å²) in [7, 11) is 0. The molecule has 0 bridgehead atoms. The molecular formula is C16H18BrF2NO3. The molecule has 0 spiro atoms. The Kier molecular flexibility index (Phi) is 5.73. The number of amides is 1. The molecule has 1 aromatic carbocycles. The number of nitrogens with one attached hydrogen (secondary N) is 1. The number of carboxylic acids is 1. The minimum Gasteiger partial charge on any atom is -0.480 e. The molecular weight excluding hydrogens is 372 g/mol. The fourth-order valence-electron chi connectivity index (χ4n) is 3.09. The fraction of sp³-hybridized carbons (Fsp3) is 0.500. The van der Waals surface area contributed by atoms with E-state index in [9.17, 15) is 18.4 Å². The molecule has 0 heterocycles. The van der Waals surface area contributed by atoms with E-state index in [1.807, 2.05) is 24.3 Å². The van der Waals surface area contributed by atoms with Crippen molar-refractivity contribution in [2.75, 3.05) is 0 Å². The number of hydrogen-bond donors (Lipinski definition) is 2. The van der Waals surface area contributed by atoms with Crippen molar-refractivity contribution in [3.63, 3.8) is 0 Å². The van der Waals surface area contributed by atoms with Crippen LogP contribution in [0.2, 0.25) is 0 Å². The largest absolute Gasteiger partial charge is 0.480 e. The molecule has 23 heavy (non-hydrogen) atoms. The second-order valence-electron chi connectivity index (χ2n) is 5.79. The number of hydrogen-bond acceptors (Lipinski definition) is 2. The summed E-state index contributed by atoms with van der Waals surface area (Å²) in [6, 6.07) is 5.69. The third-order valence-electron chi connectivity index (χ3n) is 4.31. The van der Waals surface area contributed by atoms with Crippen molar-refractivity contribution >= 4 is 27.8 Å². The minimum absolute atomic E-state index is 0.481. The Morgan fingerprint density at radius 3 is 2.26 bits per heavy atom. The van der Waals surface area contributed by atoms with E-state index in [1.165, 1.54) is 0 Å². The SMILES string of the molecule is O=C(O)C(CC(F)F)NC(=O)C1(c2ccc(Br)cc2)CCCC1. The lowest BCUT2D eigenvalue weighted by Gasteiger charge is -2.30. The van der Waals surface area contributed by atoms with E-state index in [-0.39, 0.29) is 0 Å². The standard InChI is InChI=1S/C16H18BrF2NO3/c17-11-5-3-10(4-6-11)16(7-1-2-8-16)15(23)20-12(14(21)22)9-13(18)19/h3-6,12-13H,1-2,7-9H2,(H,20,23)(H,21,22). The van der Waals surface area contributed by atoms with Crippen LogP contribution in [0.4, 0.5) is 8.78 Å². The molecule has 126 valence electrons. The highest BCUT2D eigenvalue weighted by atomic mass is 79.9. The van der Waals surface area contributed by atoms with Gasteiger partial charge in [-0.1, -0.05) is 40.9 Å². The Hall–Kier alpha value is -1.50. The van der Waals surface area contributed by atoms with Gasteiger partial charge >= 0.3 is 5.97 Å². The van der Waals surface area contributed by atoms with Crippen LogP contribution >= 0.6 is 15.9 Å². The molecule has 1 saturated carbocycles. The molecule has 1 aliphatic rings. The summed E-state index contributed by atoms with van der Waals surface area (Å²) in [6.45, 7) is 0. The van der Waals surface area contributed by atoms with Crippen molar-refractivity contribution in [2.24, 2.45) is 0 Å². The van der Waals surface area contributed by atoms with E-state index in [2.05, 4.69) is 21.2 Å².